The quantitative estimate of drug-likeness (QED) is 0.916. The van der Waals surface area contributed by atoms with Crippen LogP contribution in [0.2, 0.25) is 0 Å². The lowest BCUT2D eigenvalue weighted by molar-refractivity contribution is 0.321. The molecule has 0 atom stereocenters. The molecule has 0 bridgehead atoms. The number of hydrogen-bond donors (Lipinski definition) is 1. The van der Waals surface area contributed by atoms with Gasteiger partial charge in [0.15, 0.2) is 0 Å². The highest BCUT2D eigenvalue weighted by atomic mass is 32.1. The standard InChI is InChI=1S/C13H19N3S2/c1-9-13(17-8-15-9)7-16(3)6-11-4-12(5-14)18-10(11)2/h4,8H,5-7,14H2,1-3H3. The van der Waals surface area contributed by atoms with Gasteiger partial charge in [-0.3, -0.25) is 4.90 Å². The Morgan fingerprint density at radius 3 is 2.67 bits per heavy atom. The van der Waals surface area contributed by atoms with Gasteiger partial charge >= 0.3 is 0 Å². The van der Waals surface area contributed by atoms with Crippen molar-refractivity contribution in [3.63, 3.8) is 0 Å². The van der Waals surface area contributed by atoms with Crippen LogP contribution in [-0.2, 0) is 19.6 Å². The fraction of sp³-hybridized carbons (Fsp3) is 0.462. The molecule has 2 aromatic rings. The minimum Gasteiger partial charge on any atom is -0.326 e. The molecule has 2 aromatic heterocycles. The Labute approximate surface area is 116 Å². The Hall–Kier alpha value is -0.750. The molecule has 0 saturated heterocycles. The van der Waals surface area contributed by atoms with E-state index in [1.54, 1.807) is 22.7 Å². The van der Waals surface area contributed by atoms with E-state index in [0.29, 0.717) is 6.54 Å². The highest BCUT2D eigenvalue weighted by molar-refractivity contribution is 7.12. The van der Waals surface area contributed by atoms with Crippen molar-refractivity contribution in [2.75, 3.05) is 7.05 Å². The molecular formula is C13H19N3S2. The second-order valence-electron chi connectivity index (χ2n) is 4.53. The van der Waals surface area contributed by atoms with Crippen molar-refractivity contribution in [3.8, 4) is 0 Å². The van der Waals surface area contributed by atoms with Gasteiger partial charge in [0.2, 0.25) is 0 Å². The van der Waals surface area contributed by atoms with Crippen LogP contribution in [0.25, 0.3) is 0 Å². The second kappa shape index (κ2) is 5.93. The Morgan fingerprint density at radius 1 is 1.33 bits per heavy atom. The van der Waals surface area contributed by atoms with E-state index in [2.05, 4.69) is 36.8 Å². The maximum atomic E-state index is 5.68. The predicted molar refractivity (Wildman–Crippen MR) is 79.0 cm³/mol. The van der Waals surface area contributed by atoms with Crippen molar-refractivity contribution in [2.45, 2.75) is 33.5 Å². The van der Waals surface area contributed by atoms with Gasteiger partial charge in [0.1, 0.15) is 0 Å². The maximum Gasteiger partial charge on any atom is 0.0798 e. The van der Waals surface area contributed by atoms with Crippen molar-refractivity contribution in [3.05, 3.63) is 37.5 Å². The maximum absolute atomic E-state index is 5.68. The molecule has 0 amide bonds. The highest BCUT2D eigenvalue weighted by Crippen LogP contribution is 2.23. The van der Waals surface area contributed by atoms with Gasteiger partial charge in [0, 0.05) is 34.3 Å². The third-order valence-electron chi connectivity index (χ3n) is 2.97. The summed E-state index contributed by atoms with van der Waals surface area (Å²) in [7, 11) is 2.15. The molecular weight excluding hydrogens is 262 g/mol. The minimum atomic E-state index is 0.642. The molecule has 0 fully saturated rings. The first-order valence-corrected chi connectivity index (χ1v) is 7.65. The van der Waals surface area contributed by atoms with Crippen molar-refractivity contribution in [2.24, 2.45) is 5.73 Å². The summed E-state index contributed by atoms with van der Waals surface area (Å²) in [6.07, 6.45) is 0. The van der Waals surface area contributed by atoms with Gasteiger partial charge in [0.05, 0.1) is 11.2 Å². The van der Waals surface area contributed by atoms with Gasteiger partial charge in [-0.2, -0.15) is 0 Å². The summed E-state index contributed by atoms with van der Waals surface area (Å²) in [5, 5.41) is 0. The number of thiazole rings is 1. The summed E-state index contributed by atoms with van der Waals surface area (Å²) in [6, 6.07) is 2.23. The molecule has 0 aliphatic rings. The van der Waals surface area contributed by atoms with Crippen LogP contribution in [0, 0.1) is 13.8 Å². The monoisotopic (exact) mass is 281 g/mol. The largest absolute Gasteiger partial charge is 0.326 e. The van der Waals surface area contributed by atoms with Crippen LogP contribution < -0.4 is 5.73 Å². The van der Waals surface area contributed by atoms with Crippen molar-refractivity contribution in [1.82, 2.24) is 9.88 Å². The molecule has 0 aliphatic carbocycles. The van der Waals surface area contributed by atoms with Gasteiger partial charge in [-0.05, 0) is 32.5 Å². The summed E-state index contributed by atoms with van der Waals surface area (Å²) in [4.78, 5) is 10.6. The van der Waals surface area contributed by atoms with E-state index in [9.17, 15) is 0 Å². The van der Waals surface area contributed by atoms with Crippen LogP contribution in [-0.4, -0.2) is 16.9 Å². The van der Waals surface area contributed by atoms with Crippen LogP contribution in [0.3, 0.4) is 0 Å². The first kappa shape index (κ1) is 13.7. The third-order valence-corrected chi connectivity index (χ3v) is 5.01. The number of aromatic nitrogens is 1. The number of hydrogen-bond acceptors (Lipinski definition) is 5. The van der Waals surface area contributed by atoms with E-state index in [1.807, 2.05) is 5.51 Å². The Morgan fingerprint density at radius 2 is 2.11 bits per heavy atom. The van der Waals surface area contributed by atoms with Gasteiger partial charge in [-0.25, -0.2) is 4.98 Å². The van der Waals surface area contributed by atoms with E-state index < -0.39 is 0 Å². The van der Waals surface area contributed by atoms with Crippen LogP contribution in [0.15, 0.2) is 11.6 Å². The molecule has 0 aromatic carbocycles. The fourth-order valence-corrected chi connectivity index (χ4v) is 3.70. The Balaban J connectivity index is 2.00. The lowest BCUT2D eigenvalue weighted by Gasteiger charge is -2.15. The molecule has 0 unspecified atom stereocenters. The zero-order chi connectivity index (χ0) is 13.1. The molecule has 0 saturated carbocycles. The van der Waals surface area contributed by atoms with Crippen LogP contribution in [0.4, 0.5) is 0 Å². The summed E-state index contributed by atoms with van der Waals surface area (Å²) in [5.74, 6) is 0. The van der Waals surface area contributed by atoms with E-state index >= 15 is 0 Å². The lowest BCUT2D eigenvalue weighted by atomic mass is 10.2. The average Bonchev–Trinajstić information content (AvgIpc) is 2.87. The van der Waals surface area contributed by atoms with Gasteiger partial charge < -0.3 is 5.73 Å². The van der Waals surface area contributed by atoms with Gasteiger partial charge in [-0.1, -0.05) is 0 Å². The number of thiophene rings is 1. The number of nitrogens with zero attached hydrogens (tertiary/aromatic N) is 2. The molecule has 18 heavy (non-hydrogen) atoms. The first-order chi connectivity index (χ1) is 8.60. The lowest BCUT2D eigenvalue weighted by Crippen LogP contribution is -2.17. The summed E-state index contributed by atoms with van der Waals surface area (Å²) >= 11 is 3.54. The molecule has 0 aliphatic heterocycles. The molecule has 2 heterocycles. The second-order valence-corrected chi connectivity index (χ2v) is 6.81. The van der Waals surface area contributed by atoms with Gasteiger partial charge in [-0.15, -0.1) is 22.7 Å². The topological polar surface area (TPSA) is 42.2 Å². The first-order valence-electron chi connectivity index (χ1n) is 5.96. The highest BCUT2D eigenvalue weighted by Gasteiger charge is 2.10. The van der Waals surface area contributed by atoms with Crippen molar-refractivity contribution in [1.29, 1.82) is 0 Å². The molecule has 0 radical (unpaired) electrons. The Kier molecular flexibility index (Phi) is 4.50. The van der Waals surface area contributed by atoms with Crippen molar-refractivity contribution < 1.29 is 0 Å². The summed E-state index contributed by atoms with van der Waals surface area (Å²) < 4.78 is 0. The van der Waals surface area contributed by atoms with Crippen LogP contribution in [0.5, 0.6) is 0 Å². The third kappa shape index (κ3) is 3.17. The summed E-state index contributed by atoms with van der Waals surface area (Å²) in [6.45, 7) is 6.82. The molecule has 2 N–H and O–H groups in total. The van der Waals surface area contributed by atoms with E-state index in [1.165, 1.54) is 20.2 Å². The predicted octanol–water partition coefficient (Wildman–Crippen LogP) is 2.91. The van der Waals surface area contributed by atoms with Crippen molar-refractivity contribution >= 4 is 22.7 Å². The molecule has 5 heteroatoms. The summed E-state index contributed by atoms with van der Waals surface area (Å²) in [5.41, 5.74) is 10.1. The number of rotatable bonds is 5. The fourth-order valence-electron chi connectivity index (χ4n) is 1.92. The zero-order valence-corrected chi connectivity index (χ0v) is 12.7. The SMILES string of the molecule is Cc1ncsc1CN(C)Cc1cc(CN)sc1C. The smallest absolute Gasteiger partial charge is 0.0798 e. The number of nitrogens with two attached hydrogens (primary N) is 1. The number of aryl methyl sites for hydroxylation is 2. The van der Waals surface area contributed by atoms with E-state index in [0.717, 1.165) is 18.8 Å². The van der Waals surface area contributed by atoms with E-state index in [4.69, 9.17) is 5.73 Å². The zero-order valence-electron chi connectivity index (χ0n) is 11.1. The van der Waals surface area contributed by atoms with Gasteiger partial charge in [0.25, 0.3) is 0 Å². The molecule has 3 nitrogen and oxygen atoms in total. The molecule has 98 valence electrons. The van der Waals surface area contributed by atoms with E-state index in [-0.39, 0.29) is 0 Å². The molecule has 0 spiro atoms. The normalized spacial score (nSPS) is 11.4. The molecule has 2 rings (SSSR count). The minimum absolute atomic E-state index is 0.642. The Bertz CT molecular complexity index is 516. The van der Waals surface area contributed by atoms with Crippen LogP contribution >= 0.6 is 22.7 Å². The average molecular weight is 281 g/mol. The van der Waals surface area contributed by atoms with Crippen LogP contribution in [0.1, 0.15) is 25.9 Å².